The largest absolute Gasteiger partial charge is 0.213 e. The smallest absolute Gasteiger partial charge is 0.0213 e. The Morgan fingerprint density at radius 2 is 0.955 bits per heavy atom. The number of rotatable bonds is 6. The molecule has 0 N–H and O–H groups in total. The predicted octanol–water partition coefficient (Wildman–Crippen LogP) is 6.01. The Balaban J connectivity index is 0. The molecule has 0 nitrogen and oxygen atoms in total. The number of hydrogen-bond acceptors (Lipinski definition) is 0. The Kier molecular flexibility index (Phi) is 20.6. The third-order valence-electron chi connectivity index (χ3n) is 3.10. The maximum atomic E-state index is 2.23. The van der Waals surface area contributed by atoms with Crippen LogP contribution < -0.4 is 0 Å². The van der Waals surface area contributed by atoms with Gasteiger partial charge in [-0.2, -0.15) is 35.4 Å². The minimum atomic E-state index is 0. The summed E-state index contributed by atoms with van der Waals surface area (Å²) in [5.74, 6) is 0. The molecule has 1 radical (unpaired) electrons. The van der Waals surface area contributed by atoms with Crippen LogP contribution in [0.4, 0.5) is 0 Å². The van der Waals surface area contributed by atoms with E-state index in [4.69, 9.17) is 0 Å². The van der Waals surface area contributed by atoms with E-state index in [2.05, 4.69) is 75.5 Å². The third kappa shape index (κ3) is 14.7. The van der Waals surface area contributed by atoms with Crippen LogP contribution >= 0.6 is 0 Å². The molecule has 2 heteroatoms. The number of hydrogen-bond donors (Lipinski definition) is 0. The van der Waals surface area contributed by atoms with Crippen molar-refractivity contribution in [2.75, 3.05) is 0 Å². The minimum Gasteiger partial charge on any atom is -0.213 e. The summed E-state index contributed by atoms with van der Waals surface area (Å²) in [5, 5.41) is 0. The van der Waals surface area contributed by atoms with Gasteiger partial charge >= 0.3 is 0 Å². The van der Waals surface area contributed by atoms with Gasteiger partial charge in [-0.25, -0.2) is 24.3 Å². The second kappa shape index (κ2) is 18.8. The first-order valence-electron chi connectivity index (χ1n) is 8.43. The summed E-state index contributed by atoms with van der Waals surface area (Å²) < 4.78 is 0. The van der Waals surface area contributed by atoms with E-state index in [1.807, 2.05) is 0 Å². The molecule has 0 aliphatic rings. The number of unbranched alkanes of at least 4 members (excludes halogenated alkanes) is 2. The summed E-state index contributed by atoms with van der Waals surface area (Å²) >= 11 is 0. The van der Waals surface area contributed by atoms with E-state index in [-0.39, 0.29) is 25.8 Å². The molecule has 0 saturated carbocycles. The number of aryl methyl sites for hydroxylation is 2. The maximum Gasteiger partial charge on any atom is 0.0213 e. The molecule has 0 aliphatic carbocycles. The third-order valence-corrected chi connectivity index (χ3v) is 3.10. The first-order valence-corrected chi connectivity index (χ1v) is 10.7. The summed E-state index contributed by atoms with van der Waals surface area (Å²) in [7, 11) is 0.750. The Morgan fingerprint density at radius 3 is 1.18 bits per heavy atom. The van der Waals surface area contributed by atoms with Crippen LogP contribution in [0.3, 0.4) is 0 Å². The van der Waals surface area contributed by atoms with Crippen LogP contribution in [0, 0.1) is 0 Å². The van der Waals surface area contributed by atoms with Crippen molar-refractivity contribution in [1.82, 2.24) is 0 Å². The quantitative estimate of drug-likeness (QED) is 0.351. The fourth-order valence-electron chi connectivity index (χ4n) is 1.92. The first kappa shape index (κ1) is 24.0. The average Bonchev–Trinajstić information content (AvgIpc) is 3.18. The second-order valence-corrected chi connectivity index (χ2v) is 6.53. The normalized spacial score (nSPS) is 8.91. The molecule has 0 aliphatic heterocycles. The zero-order valence-electron chi connectivity index (χ0n) is 14.9. The predicted molar refractivity (Wildman–Crippen MR) is 100 cm³/mol. The van der Waals surface area contributed by atoms with Crippen molar-refractivity contribution >= 4 is 9.52 Å². The molecule has 0 aromatic heterocycles. The van der Waals surface area contributed by atoms with Gasteiger partial charge in [-0.15, -0.1) is 0 Å². The van der Waals surface area contributed by atoms with Gasteiger partial charge in [0.2, 0.25) is 0 Å². The maximum absolute atomic E-state index is 2.23. The van der Waals surface area contributed by atoms with E-state index in [0.29, 0.717) is 0 Å². The standard InChI is InChI=1S/2C9H13.C2H7Si.Hf/c2*1-2-3-6-9-7-4-5-8-9;1-3-2;/h2*4-5,7-8H,2-3,6H2,1H3;3H,1-2H3;/q2*-1;;. The van der Waals surface area contributed by atoms with Gasteiger partial charge < -0.3 is 0 Å². The van der Waals surface area contributed by atoms with Gasteiger partial charge in [0, 0.05) is 35.4 Å². The van der Waals surface area contributed by atoms with Gasteiger partial charge in [0.1, 0.15) is 0 Å². The van der Waals surface area contributed by atoms with Crippen LogP contribution in [0.2, 0.25) is 13.1 Å². The average molecular weight is 480 g/mol. The zero-order chi connectivity index (χ0) is 15.8. The van der Waals surface area contributed by atoms with Crippen molar-refractivity contribution in [2.24, 2.45) is 0 Å². The zero-order valence-corrected chi connectivity index (χ0v) is 19.7. The van der Waals surface area contributed by atoms with Crippen molar-refractivity contribution < 1.29 is 25.8 Å². The Labute approximate surface area is 160 Å². The molecule has 0 unspecified atom stereocenters. The van der Waals surface area contributed by atoms with E-state index in [0.717, 1.165) is 9.52 Å². The molecule has 0 spiro atoms. The van der Waals surface area contributed by atoms with Crippen molar-refractivity contribution in [1.29, 1.82) is 0 Å². The van der Waals surface area contributed by atoms with Gasteiger partial charge in [0.15, 0.2) is 0 Å². The van der Waals surface area contributed by atoms with E-state index in [1.54, 1.807) is 0 Å². The van der Waals surface area contributed by atoms with Gasteiger partial charge in [0.05, 0.1) is 0 Å². The van der Waals surface area contributed by atoms with Crippen LogP contribution in [0.5, 0.6) is 0 Å². The molecule has 2 aromatic carbocycles. The van der Waals surface area contributed by atoms with Crippen LogP contribution in [0.15, 0.2) is 48.5 Å². The Bertz CT molecular complexity index is 338. The molecule has 0 heterocycles. The molecule has 0 saturated heterocycles. The Hall–Kier alpha value is -0.213. The van der Waals surface area contributed by atoms with Crippen LogP contribution in [0.1, 0.15) is 50.7 Å². The van der Waals surface area contributed by atoms with Gasteiger partial charge in [-0.05, 0) is 0 Å². The van der Waals surface area contributed by atoms with E-state index >= 15 is 0 Å². The summed E-state index contributed by atoms with van der Waals surface area (Å²) in [5.41, 5.74) is 2.97. The fraction of sp³-hybridized carbons (Fsp3) is 0.500. The monoisotopic (exact) mass is 481 g/mol. The molecule has 0 atom stereocenters. The van der Waals surface area contributed by atoms with E-state index in [9.17, 15) is 0 Å². The summed E-state index contributed by atoms with van der Waals surface area (Å²) in [6.07, 6.45) is 7.75. The minimum absolute atomic E-state index is 0. The second-order valence-electron chi connectivity index (χ2n) is 5.37. The van der Waals surface area contributed by atoms with Crippen molar-refractivity contribution in [3.8, 4) is 0 Å². The van der Waals surface area contributed by atoms with Crippen LogP contribution in [-0.4, -0.2) is 9.52 Å². The molecule has 123 valence electrons. The molecular formula is C20H33HfSi-2. The van der Waals surface area contributed by atoms with Crippen molar-refractivity contribution in [3.63, 3.8) is 0 Å². The van der Waals surface area contributed by atoms with E-state index in [1.165, 1.54) is 49.7 Å². The van der Waals surface area contributed by atoms with Gasteiger partial charge in [-0.3, -0.25) is 0 Å². The molecule has 0 bridgehead atoms. The topological polar surface area (TPSA) is 0 Å². The van der Waals surface area contributed by atoms with Gasteiger partial charge in [-0.1, -0.05) is 65.5 Å². The Morgan fingerprint density at radius 1 is 0.682 bits per heavy atom. The van der Waals surface area contributed by atoms with Crippen molar-refractivity contribution in [2.45, 2.75) is 65.5 Å². The molecule has 2 aromatic rings. The molecule has 0 fully saturated rings. The SMILES string of the molecule is CCCC[c-]1cccc1.CCCC[c-]1cccc1.C[SiH]C.[Hf]. The van der Waals surface area contributed by atoms with Crippen LogP contribution in [-0.2, 0) is 38.7 Å². The summed E-state index contributed by atoms with van der Waals surface area (Å²) in [4.78, 5) is 0. The summed E-state index contributed by atoms with van der Waals surface area (Å²) in [6, 6.07) is 17.2. The molecular weight excluding hydrogens is 447 g/mol. The van der Waals surface area contributed by atoms with E-state index < -0.39 is 0 Å². The molecule has 2 rings (SSSR count). The summed E-state index contributed by atoms with van der Waals surface area (Å²) in [6.45, 7) is 8.87. The molecule has 22 heavy (non-hydrogen) atoms. The van der Waals surface area contributed by atoms with Crippen molar-refractivity contribution in [3.05, 3.63) is 59.7 Å². The van der Waals surface area contributed by atoms with Crippen LogP contribution in [0.25, 0.3) is 0 Å². The molecule has 0 amide bonds. The first-order chi connectivity index (χ1) is 10.3. The van der Waals surface area contributed by atoms with Gasteiger partial charge in [0.25, 0.3) is 0 Å². The fourth-order valence-corrected chi connectivity index (χ4v) is 1.92.